The molecule has 17 heavy (non-hydrogen) atoms. The van der Waals surface area contributed by atoms with Gasteiger partial charge < -0.3 is 9.80 Å². The number of rotatable bonds is 2. The van der Waals surface area contributed by atoms with E-state index in [4.69, 9.17) is 0 Å². The van der Waals surface area contributed by atoms with Crippen molar-refractivity contribution in [2.75, 3.05) is 31.9 Å². The molecule has 0 bridgehead atoms. The van der Waals surface area contributed by atoms with Crippen LogP contribution >= 0.6 is 7.26 Å². The second kappa shape index (κ2) is 5.52. The molecule has 95 valence electrons. The predicted octanol–water partition coefficient (Wildman–Crippen LogP) is 2.36. The quantitative estimate of drug-likeness (QED) is 0.530. The van der Waals surface area contributed by atoms with E-state index in [0.29, 0.717) is 0 Å². The first-order chi connectivity index (χ1) is 7.47. The molecule has 0 atom stereocenters. The molecule has 2 rings (SSSR count). The van der Waals surface area contributed by atoms with Crippen molar-refractivity contribution < 1.29 is 20.1 Å². The van der Waals surface area contributed by atoms with E-state index in [-0.39, 0.29) is 20.1 Å². The van der Waals surface area contributed by atoms with Crippen molar-refractivity contribution in [1.82, 2.24) is 4.90 Å². The molecule has 1 aliphatic heterocycles. The molecule has 4 heteroatoms. The Morgan fingerprint density at radius 3 is 2.47 bits per heavy atom. The maximum atomic E-state index is 3.28. The average Bonchev–Trinajstić information content (AvgIpc) is 2.64. The molecule has 0 fully saturated rings. The third kappa shape index (κ3) is 3.55. The van der Waals surface area contributed by atoms with Gasteiger partial charge in [-0.2, -0.15) is 18.8 Å². The maximum absolute atomic E-state index is 3.28. The summed E-state index contributed by atoms with van der Waals surface area (Å²) in [6.07, 6.45) is 4.09. The Morgan fingerprint density at radius 2 is 1.94 bits per heavy atom. The number of hydrogen-bond donors (Lipinski definition) is 0. The van der Waals surface area contributed by atoms with Crippen molar-refractivity contribution in [2.45, 2.75) is 0 Å². The monoisotopic (exact) mass is 426 g/mol. The maximum Gasteiger partial charge on any atom is 0.0510 e. The average molecular weight is 425 g/mol. The van der Waals surface area contributed by atoms with Gasteiger partial charge in [-0.25, -0.2) is 0 Å². The van der Waals surface area contributed by atoms with Gasteiger partial charge in [-0.15, -0.1) is 17.8 Å². The fraction of sp³-hybridized carbons (Fsp3) is 0.308. The first-order valence-electron chi connectivity index (χ1n) is 5.34. The van der Waals surface area contributed by atoms with Crippen LogP contribution < -0.4 is 10.2 Å². The van der Waals surface area contributed by atoms with Crippen molar-refractivity contribution in [3.8, 4) is 0 Å². The largest absolute Gasteiger partial charge is 0.510 e. The second-order valence-corrected chi connectivity index (χ2v) is 9.47. The van der Waals surface area contributed by atoms with Crippen LogP contribution in [-0.2, 0) is 20.1 Å². The van der Waals surface area contributed by atoms with Crippen molar-refractivity contribution in [3.63, 3.8) is 0 Å². The molecule has 1 heterocycles. The zero-order valence-electron chi connectivity index (χ0n) is 10.6. The number of benzene rings is 1. The van der Waals surface area contributed by atoms with E-state index in [0.717, 1.165) is 5.69 Å². The van der Waals surface area contributed by atoms with E-state index >= 15 is 0 Å². The molecule has 1 aromatic rings. The first-order valence-corrected chi connectivity index (χ1v) is 8.47. The third-order valence-electron chi connectivity index (χ3n) is 2.59. The topological polar surface area (TPSA) is 6.48 Å². The Labute approximate surface area is 118 Å². The van der Waals surface area contributed by atoms with Crippen LogP contribution in [0.4, 0.5) is 5.69 Å². The molecular formula is C13H18IrN2P-. The fourth-order valence-corrected chi connectivity index (χ4v) is 2.63. The first kappa shape index (κ1) is 14.7. The molecular weight excluding hydrogens is 407 g/mol. The second-order valence-electron chi connectivity index (χ2n) is 4.93. The van der Waals surface area contributed by atoms with Gasteiger partial charge in [0.15, 0.2) is 0 Å². The minimum absolute atomic E-state index is 0. The van der Waals surface area contributed by atoms with Crippen LogP contribution in [0, 0.1) is 12.7 Å². The Morgan fingerprint density at radius 1 is 1.24 bits per heavy atom. The third-order valence-corrected chi connectivity index (χ3v) is 4.42. The Hall–Kier alpha value is -0.361. The molecule has 0 N–H and O–H groups in total. The summed E-state index contributed by atoms with van der Waals surface area (Å²) in [5.74, 6) is 0. The van der Waals surface area contributed by atoms with E-state index in [2.05, 4.69) is 56.0 Å². The van der Waals surface area contributed by atoms with Crippen molar-refractivity contribution >= 4 is 18.3 Å². The zero-order chi connectivity index (χ0) is 11.8. The molecule has 0 unspecified atom stereocenters. The van der Waals surface area contributed by atoms with Crippen LogP contribution in [0.3, 0.4) is 0 Å². The smallest absolute Gasteiger partial charge is 0.0510 e. The predicted molar refractivity (Wildman–Crippen MR) is 73.3 cm³/mol. The van der Waals surface area contributed by atoms with Crippen LogP contribution in [-0.4, -0.2) is 31.9 Å². The van der Waals surface area contributed by atoms with Gasteiger partial charge in [-0.3, -0.25) is 0 Å². The van der Waals surface area contributed by atoms with Gasteiger partial charge in [0.25, 0.3) is 0 Å². The summed E-state index contributed by atoms with van der Waals surface area (Å²) in [6, 6.07) is 9.73. The van der Waals surface area contributed by atoms with Gasteiger partial charge in [0.1, 0.15) is 0 Å². The molecule has 0 spiro atoms. The molecule has 2 nitrogen and oxygen atoms in total. The summed E-state index contributed by atoms with van der Waals surface area (Å²) in [5.41, 5.74) is 1.12. The summed E-state index contributed by atoms with van der Waals surface area (Å²) in [6.45, 7) is 9.06. The molecule has 0 aliphatic carbocycles. The number of nitrogens with zero attached hydrogens (tertiary/aromatic N) is 2. The van der Waals surface area contributed by atoms with Crippen LogP contribution in [0.15, 0.2) is 30.6 Å². The van der Waals surface area contributed by atoms with Crippen LogP contribution in [0.25, 0.3) is 0 Å². The molecule has 1 aliphatic rings. The molecule has 1 radical (unpaired) electrons. The summed E-state index contributed by atoms with van der Waals surface area (Å²) in [4.78, 5) is 4.13. The minimum Gasteiger partial charge on any atom is -0.510 e. The molecule has 1 aromatic carbocycles. The molecule has 0 saturated heterocycles. The van der Waals surface area contributed by atoms with Gasteiger partial charge in [0, 0.05) is 27.4 Å². The van der Waals surface area contributed by atoms with Crippen LogP contribution in [0.2, 0.25) is 0 Å². The fourth-order valence-electron chi connectivity index (χ4n) is 1.60. The van der Waals surface area contributed by atoms with E-state index in [1.807, 2.05) is 24.2 Å². The van der Waals surface area contributed by atoms with E-state index in [1.54, 1.807) is 0 Å². The number of hydrogen-bond acceptors (Lipinski definition) is 2. The summed E-state index contributed by atoms with van der Waals surface area (Å²) in [5, 5.41) is 1.44. The van der Waals surface area contributed by atoms with Gasteiger partial charge in [0.05, 0.1) is 20.0 Å². The van der Waals surface area contributed by atoms with Gasteiger partial charge >= 0.3 is 0 Å². The van der Waals surface area contributed by atoms with Crippen LogP contribution in [0.5, 0.6) is 0 Å². The SMILES string of the molecule is CN1C=CN(c2[c-]ccc([P+](C)(C)C)c2)[CH-]1.[Ir]. The number of anilines is 1. The van der Waals surface area contributed by atoms with Crippen LogP contribution in [0.1, 0.15) is 0 Å². The Kier molecular flexibility index (Phi) is 4.77. The van der Waals surface area contributed by atoms with Gasteiger partial charge in [-0.05, 0) is 24.8 Å². The van der Waals surface area contributed by atoms with E-state index < -0.39 is 7.26 Å². The van der Waals surface area contributed by atoms with E-state index in [9.17, 15) is 0 Å². The molecule has 0 amide bonds. The van der Waals surface area contributed by atoms with Gasteiger partial charge in [-0.1, -0.05) is 0 Å². The summed E-state index contributed by atoms with van der Waals surface area (Å²) in [7, 11) is 1.08. The van der Waals surface area contributed by atoms with E-state index in [1.165, 1.54) is 5.30 Å². The normalized spacial score (nSPS) is 15.1. The Balaban J connectivity index is 0.00000144. The summed E-state index contributed by atoms with van der Waals surface area (Å²) < 4.78 is 0. The molecule has 0 aromatic heterocycles. The Bertz CT molecular complexity index is 412. The van der Waals surface area contributed by atoms with Crippen molar-refractivity contribution in [1.29, 1.82) is 0 Å². The van der Waals surface area contributed by atoms with Gasteiger partial charge in [0.2, 0.25) is 0 Å². The van der Waals surface area contributed by atoms with Crippen molar-refractivity contribution in [3.05, 3.63) is 43.3 Å². The molecule has 0 saturated carbocycles. The van der Waals surface area contributed by atoms with Crippen molar-refractivity contribution in [2.24, 2.45) is 0 Å². The minimum atomic E-state index is -0.949. The summed E-state index contributed by atoms with van der Waals surface area (Å²) >= 11 is 0. The zero-order valence-corrected chi connectivity index (χ0v) is 13.9. The standard InChI is InChI=1S/C13H18N2P.Ir/c1-14-8-9-15(11-14)12-6-5-7-13(10-12)16(2,3)4;/h5,7-11H,1-4H3;/q-1;.